The minimum atomic E-state index is -0.453. The number of hydrogen-bond donors (Lipinski definition) is 0. The van der Waals surface area contributed by atoms with Crippen LogP contribution in [-0.2, 0) is 15.3 Å². The topological polar surface area (TPSA) is 18.5 Å². The molecule has 1 saturated heterocycles. The van der Waals surface area contributed by atoms with Crippen LogP contribution >= 0.6 is 27.3 Å². The summed E-state index contributed by atoms with van der Waals surface area (Å²) in [4.78, 5) is 1.17. The van der Waals surface area contributed by atoms with E-state index < -0.39 is 5.79 Å². The van der Waals surface area contributed by atoms with E-state index >= 15 is 0 Å². The van der Waals surface area contributed by atoms with Crippen LogP contribution in [0.3, 0.4) is 0 Å². The molecule has 1 fully saturated rings. The predicted octanol–water partition coefficient (Wildman–Crippen LogP) is 3.51. The van der Waals surface area contributed by atoms with Gasteiger partial charge in [0.1, 0.15) is 0 Å². The Morgan fingerprint density at radius 3 is 2.64 bits per heavy atom. The van der Waals surface area contributed by atoms with Gasteiger partial charge in [0.25, 0.3) is 0 Å². The zero-order chi connectivity index (χ0) is 10.0. The van der Waals surface area contributed by atoms with Crippen LogP contribution in [0, 0.1) is 0 Å². The summed E-state index contributed by atoms with van der Waals surface area (Å²) < 4.78 is 12.6. The first-order valence-electron chi connectivity index (χ1n) is 4.80. The molecule has 0 radical (unpaired) electrons. The number of halogens is 1. The molecule has 2 rings (SSSR count). The van der Waals surface area contributed by atoms with E-state index in [1.54, 1.807) is 11.3 Å². The molecule has 0 saturated carbocycles. The Bertz CT molecular complexity index is 305. The second-order valence-corrected chi connectivity index (χ2v) is 5.77. The first-order valence-corrected chi connectivity index (χ1v) is 6.41. The summed E-state index contributed by atoms with van der Waals surface area (Å²) in [6.07, 6.45) is 2.00. The van der Waals surface area contributed by atoms with Gasteiger partial charge in [-0.15, -0.1) is 11.3 Å². The number of rotatable bonds is 3. The Kier molecular flexibility index (Phi) is 3.27. The summed E-state index contributed by atoms with van der Waals surface area (Å²) in [5, 5.41) is 0. The highest BCUT2D eigenvalue weighted by Gasteiger charge is 2.38. The molecule has 4 heteroatoms. The van der Waals surface area contributed by atoms with E-state index in [-0.39, 0.29) is 0 Å². The van der Waals surface area contributed by atoms with Crippen molar-refractivity contribution in [3.05, 3.63) is 20.8 Å². The highest BCUT2D eigenvalue weighted by atomic mass is 79.9. The predicted molar refractivity (Wildman–Crippen MR) is 60.5 cm³/mol. The van der Waals surface area contributed by atoms with E-state index in [2.05, 4.69) is 28.9 Å². The summed E-state index contributed by atoms with van der Waals surface area (Å²) in [7, 11) is 0. The van der Waals surface area contributed by atoms with Gasteiger partial charge in [0.2, 0.25) is 5.79 Å². The smallest absolute Gasteiger partial charge is 0.204 e. The minimum Gasteiger partial charge on any atom is -0.343 e. The zero-order valence-corrected chi connectivity index (χ0v) is 10.5. The van der Waals surface area contributed by atoms with Gasteiger partial charge >= 0.3 is 0 Å². The molecule has 0 spiro atoms. The summed E-state index contributed by atoms with van der Waals surface area (Å²) in [6, 6.07) is 4.12. The molecule has 1 aliphatic heterocycles. The fourth-order valence-corrected chi connectivity index (χ4v) is 3.23. The van der Waals surface area contributed by atoms with Crippen molar-refractivity contribution in [2.75, 3.05) is 13.2 Å². The van der Waals surface area contributed by atoms with Crippen LogP contribution in [0.4, 0.5) is 0 Å². The second-order valence-electron chi connectivity index (χ2n) is 3.30. The first-order chi connectivity index (χ1) is 6.77. The van der Waals surface area contributed by atoms with Crippen LogP contribution < -0.4 is 0 Å². The molecule has 1 aromatic heterocycles. The maximum absolute atomic E-state index is 5.75. The van der Waals surface area contributed by atoms with Crippen molar-refractivity contribution in [2.24, 2.45) is 0 Å². The monoisotopic (exact) mass is 276 g/mol. The molecule has 2 heterocycles. The van der Waals surface area contributed by atoms with E-state index in [0.29, 0.717) is 13.2 Å². The van der Waals surface area contributed by atoms with Crippen molar-refractivity contribution in [3.63, 3.8) is 0 Å². The quantitative estimate of drug-likeness (QED) is 0.841. The first kappa shape index (κ1) is 10.6. The fraction of sp³-hybridized carbons (Fsp3) is 0.600. The van der Waals surface area contributed by atoms with Gasteiger partial charge in [-0.25, -0.2) is 0 Å². The molecule has 0 bridgehead atoms. The minimum absolute atomic E-state index is 0.453. The molecular weight excluding hydrogens is 264 g/mol. The van der Waals surface area contributed by atoms with Crippen molar-refractivity contribution in [3.8, 4) is 0 Å². The van der Waals surface area contributed by atoms with Crippen LogP contribution in [0.2, 0.25) is 0 Å². The van der Waals surface area contributed by atoms with Crippen molar-refractivity contribution < 1.29 is 9.47 Å². The lowest BCUT2D eigenvalue weighted by Gasteiger charge is -2.25. The van der Waals surface area contributed by atoms with Crippen LogP contribution in [0.1, 0.15) is 24.6 Å². The Balaban J connectivity index is 2.26. The largest absolute Gasteiger partial charge is 0.343 e. The van der Waals surface area contributed by atoms with Crippen molar-refractivity contribution in [1.82, 2.24) is 0 Å². The Morgan fingerprint density at radius 1 is 1.43 bits per heavy atom. The van der Waals surface area contributed by atoms with Gasteiger partial charge in [-0.3, -0.25) is 0 Å². The van der Waals surface area contributed by atoms with Gasteiger partial charge in [-0.05, 0) is 28.1 Å². The Hall–Kier alpha value is 0.1000. The van der Waals surface area contributed by atoms with Crippen molar-refractivity contribution in [2.45, 2.75) is 25.6 Å². The van der Waals surface area contributed by atoms with Gasteiger partial charge in [-0.1, -0.05) is 13.3 Å². The van der Waals surface area contributed by atoms with E-state index in [9.17, 15) is 0 Å². The summed E-state index contributed by atoms with van der Waals surface area (Å²) in [5.41, 5.74) is 0. The number of ether oxygens (including phenoxy) is 2. The van der Waals surface area contributed by atoms with Gasteiger partial charge in [0.15, 0.2) is 0 Å². The maximum Gasteiger partial charge on any atom is 0.204 e. The lowest BCUT2D eigenvalue weighted by molar-refractivity contribution is -0.168. The zero-order valence-electron chi connectivity index (χ0n) is 8.09. The summed E-state index contributed by atoms with van der Waals surface area (Å²) in [6.45, 7) is 3.56. The molecule has 0 amide bonds. The highest BCUT2D eigenvalue weighted by molar-refractivity contribution is 9.11. The van der Waals surface area contributed by atoms with Gasteiger partial charge < -0.3 is 9.47 Å². The Morgan fingerprint density at radius 2 is 2.14 bits per heavy atom. The summed E-state index contributed by atoms with van der Waals surface area (Å²) >= 11 is 5.15. The lowest BCUT2D eigenvalue weighted by atomic mass is 10.1. The lowest BCUT2D eigenvalue weighted by Crippen LogP contribution is -2.25. The molecule has 0 atom stereocenters. The van der Waals surface area contributed by atoms with Gasteiger partial charge in [-0.2, -0.15) is 0 Å². The standard InChI is InChI=1S/C10H13BrO2S/c1-2-5-10(12-6-7-13-10)8-3-4-9(11)14-8/h3-4H,2,5-7H2,1H3. The van der Waals surface area contributed by atoms with Gasteiger partial charge in [0, 0.05) is 6.42 Å². The third kappa shape index (κ3) is 1.89. The van der Waals surface area contributed by atoms with Crippen LogP contribution in [0.15, 0.2) is 15.9 Å². The van der Waals surface area contributed by atoms with E-state index in [0.717, 1.165) is 16.6 Å². The normalized spacial score (nSPS) is 20.1. The number of hydrogen-bond acceptors (Lipinski definition) is 3. The van der Waals surface area contributed by atoms with Crippen LogP contribution in [0.5, 0.6) is 0 Å². The second kappa shape index (κ2) is 4.31. The third-order valence-electron chi connectivity index (χ3n) is 2.28. The van der Waals surface area contributed by atoms with Crippen molar-refractivity contribution in [1.29, 1.82) is 0 Å². The van der Waals surface area contributed by atoms with E-state index in [1.807, 2.05) is 6.07 Å². The summed E-state index contributed by atoms with van der Waals surface area (Å²) in [5.74, 6) is -0.453. The average molecular weight is 277 g/mol. The molecule has 14 heavy (non-hydrogen) atoms. The molecule has 1 aliphatic rings. The van der Waals surface area contributed by atoms with Crippen LogP contribution in [-0.4, -0.2) is 13.2 Å². The molecule has 0 N–H and O–H groups in total. The molecule has 0 aliphatic carbocycles. The highest BCUT2D eigenvalue weighted by Crippen LogP contribution is 2.40. The Labute approximate surface area is 96.4 Å². The molecule has 78 valence electrons. The third-order valence-corrected chi connectivity index (χ3v) is 4.03. The molecular formula is C10H13BrO2S. The van der Waals surface area contributed by atoms with Gasteiger partial charge in [0.05, 0.1) is 21.9 Å². The molecule has 0 aromatic carbocycles. The van der Waals surface area contributed by atoms with Crippen LogP contribution in [0.25, 0.3) is 0 Å². The van der Waals surface area contributed by atoms with E-state index in [1.165, 1.54) is 4.88 Å². The molecule has 2 nitrogen and oxygen atoms in total. The molecule has 1 aromatic rings. The van der Waals surface area contributed by atoms with Crippen molar-refractivity contribution >= 4 is 27.3 Å². The SMILES string of the molecule is CCCC1(c2ccc(Br)s2)OCCO1. The van der Waals surface area contributed by atoms with E-state index in [4.69, 9.17) is 9.47 Å². The molecule has 0 unspecified atom stereocenters. The number of thiophene rings is 1. The average Bonchev–Trinajstić information content (AvgIpc) is 2.75. The maximum atomic E-state index is 5.75. The fourth-order valence-electron chi connectivity index (χ4n) is 1.71.